The highest BCUT2D eigenvalue weighted by atomic mass is 16.5. The van der Waals surface area contributed by atoms with Crippen LogP contribution in [0.5, 0.6) is 0 Å². The number of carbonyl (C=O) groups is 1. The lowest BCUT2D eigenvalue weighted by molar-refractivity contribution is 0.0388. The highest BCUT2D eigenvalue weighted by Gasteiger charge is 2.20. The fourth-order valence-corrected chi connectivity index (χ4v) is 2.07. The van der Waals surface area contributed by atoms with Crippen LogP contribution in [-0.4, -0.2) is 22.5 Å². The Kier molecular flexibility index (Phi) is 4.07. The molecule has 4 heteroatoms. The SMILES string of the molecule is Cc1nccc(C(=O)OC[C@H]2CC=CC[C@H]2C)n1. The van der Waals surface area contributed by atoms with Crippen molar-refractivity contribution in [2.24, 2.45) is 11.8 Å². The quantitative estimate of drug-likeness (QED) is 0.607. The molecule has 0 spiro atoms. The number of ether oxygens (including phenoxy) is 1. The van der Waals surface area contributed by atoms with Crippen molar-refractivity contribution in [1.29, 1.82) is 0 Å². The van der Waals surface area contributed by atoms with Crippen molar-refractivity contribution in [2.45, 2.75) is 26.7 Å². The molecule has 0 saturated carbocycles. The number of rotatable bonds is 3. The average Bonchev–Trinajstić information content (AvgIpc) is 2.37. The molecule has 96 valence electrons. The molecule has 1 aliphatic rings. The summed E-state index contributed by atoms with van der Waals surface area (Å²) in [7, 11) is 0. The van der Waals surface area contributed by atoms with Gasteiger partial charge in [0.25, 0.3) is 0 Å². The summed E-state index contributed by atoms with van der Waals surface area (Å²) in [5.74, 6) is 1.21. The topological polar surface area (TPSA) is 52.1 Å². The molecule has 4 nitrogen and oxygen atoms in total. The lowest BCUT2D eigenvalue weighted by Gasteiger charge is -2.24. The zero-order chi connectivity index (χ0) is 13.0. The Bertz CT molecular complexity index is 457. The molecular formula is C14H18N2O2. The van der Waals surface area contributed by atoms with E-state index in [0.29, 0.717) is 30.0 Å². The monoisotopic (exact) mass is 246 g/mol. The van der Waals surface area contributed by atoms with E-state index >= 15 is 0 Å². The van der Waals surface area contributed by atoms with Crippen molar-refractivity contribution in [3.05, 3.63) is 35.9 Å². The van der Waals surface area contributed by atoms with Gasteiger partial charge < -0.3 is 4.74 Å². The molecule has 2 rings (SSSR count). The van der Waals surface area contributed by atoms with E-state index in [1.165, 1.54) is 0 Å². The minimum Gasteiger partial charge on any atom is -0.461 e. The summed E-state index contributed by atoms with van der Waals surface area (Å²) in [5.41, 5.74) is 0.335. The van der Waals surface area contributed by atoms with Crippen LogP contribution in [0, 0.1) is 18.8 Å². The minimum atomic E-state index is -0.359. The predicted octanol–water partition coefficient (Wildman–Crippen LogP) is 2.54. The maximum absolute atomic E-state index is 11.8. The maximum atomic E-state index is 11.8. The summed E-state index contributed by atoms with van der Waals surface area (Å²) in [6, 6.07) is 1.58. The van der Waals surface area contributed by atoms with E-state index in [0.717, 1.165) is 12.8 Å². The van der Waals surface area contributed by atoms with E-state index in [4.69, 9.17) is 4.74 Å². The zero-order valence-corrected chi connectivity index (χ0v) is 10.8. The number of hydrogen-bond donors (Lipinski definition) is 0. The van der Waals surface area contributed by atoms with Crippen molar-refractivity contribution in [2.75, 3.05) is 6.61 Å². The molecule has 0 amide bonds. The number of esters is 1. The number of hydrogen-bond acceptors (Lipinski definition) is 4. The molecule has 1 aromatic rings. The first-order valence-electron chi connectivity index (χ1n) is 6.28. The molecule has 0 bridgehead atoms. The second kappa shape index (κ2) is 5.76. The van der Waals surface area contributed by atoms with Gasteiger partial charge >= 0.3 is 5.97 Å². The summed E-state index contributed by atoms with van der Waals surface area (Å²) < 4.78 is 5.33. The Morgan fingerprint density at radius 2 is 2.22 bits per heavy atom. The van der Waals surface area contributed by atoms with E-state index in [-0.39, 0.29) is 5.97 Å². The number of aryl methyl sites for hydroxylation is 1. The molecule has 1 heterocycles. The van der Waals surface area contributed by atoms with Crippen molar-refractivity contribution >= 4 is 5.97 Å². The molecule has 0 N–H and O–H groups in total. The van der Waals surface area contributed by atoms with Gasteiger partial charge in [0.1, 0.15) is 5.82 Å². The Balaban J connectivity index is 1.90. The van der Waals surface area contributed by atoms with Gasteiger partial charge in [-0.2, -0.15) is 0 Å². The van der Waals surface area contributed by atoms with Crippen LogP contribution in [0.25, 0.3) is 0 Å². The summed E-state index contributed by atoms with van der Waals surface area (Å²) in [4.78, 5) is 19.8. The molecule has 0 aromatic carbocycles. The number of allylic oxidation sites excluding steroid dienone is 2. The molecule has 0 radical (unpaired) electrons. The van der Waals surface area contributed by atoms with Gasteiger partial charge in [0, 0.05) is 6.20 Å². The number of nitrogens with zero attached hydrogens (tertiary/aromatic N) is 2. The van der Waals surface area contributed by atoms with Crippen LogP contribution in [0.15, 0.2) is 24.4 Å². The molecular weight excluding hydrogens is 228 g/mol. The lowest BCUT2D eigenvalue weighted by atomic mass is 9.85. The molecule has 0 saturated heterocycles. The van der Waals surface area contributed by atoms with Crippen molar-refractivity contribution in [3.63, 3.8) is 0 Å². The Labute approximate surface area is 107 Å². The number of carbonyl (C=O) groups excluding carboxylic acids is 1. The summed E-state index contributed by atoms with van der Waals surface area (Å²) in [6.45, 7) is 4.41. The zero-order valence-electron chi connectivity index (χ0n) is 10.8. The Morgan fingerprint density at radius 3 is 2.94 bits per heavy atom. The second-order valence-corrected chi connectivity index (χ2v) is 4.77. The highest BCUT2D eigenvalue weighted by Crippen LogP contribution is 2.25. The van der Waals surface area contributed by atoms with Crippen molar-refractivity contribution < 1.29 is 9.53 Å². The smallest absolute Gasteiger partial charge is 0.357 e. The van der Waals surface area contributed by atoms with Crippen LogP contribution in [0.1, 0.15) is 36.1 Å². The maximum Gasteiger partial charge on any atom is 0.357 e. The summed E-state index contributed by atoms with van der Waals surface area (Å²) in [6.07, 6.45) is 7.97. The van der Waals surface area contributed by atoms with E-state index in [1.54, 1.807) is 19.2 Å². The third-order valence-corrected chi connectivity index (χ3v) is 3.33. The highest BCUT2D eigenvalue weighted by molar-refractivity contribution is 5.87. The molecule has 18 heavy (non-hydrogen) atoms. The van der Waals surface area contributed by atoms with Crippen LogP contribution < -0.4 is 0 Å². The first kappa shape index (κ1) is 12.7. The first-order chi connectivity index (χ1) is 8.66. The van der Waals surface area contributed by atoms with Crippen molar-refractivity contribution in [1.82, 2.24) is 9.97 Å². The summed E-state index contributed by atoms with van der Waals surface area (Å²) >= 11 is 0. The van der Waals surface area contributed by atoms with Crippen LogP contribution >= 0.6 is 0 Å². The van der Waals surface area contributed by atoms with E-state index in [9.17, 15) is 4.79 Å². The van der Waals surface area contributed by atoms with Gasteiger partial charge in [0.15, 0.2) is 5.69 Å². The van der Waals surface area contributed by atoms with Crippen LogP contribution in [0.2, 0.25) is 0 Å². The van der Waals surface area contributed by atoms with Gasteiger partial charge in [-0.25, -0.2) is 14.8 Å². The summed E-state index contributed by atoms with van der Waals surface area (Å²) in [5, 5.41) is 0. The molecule has 2 atom stereocenters. The van der Waals surface area contributed by atoms with E-state index < -0.39 is 0 Å². The van der Waals surface area contributed by atoms with Gasteiger partial charge in [-0.3, -0.25) is 0 Å². The van der Waals surface area contributed by atoms with E-state index in [1.807, 2.05) is 0 Å². The van der Waals surface area contributed by atoms with Gasteiger partial charge in [-0.1, -0.05) is 19.1 Å². The minimum absolute atomic E-state index is 0.335. The fraction of sp³-hybridized carbons (Fsp3) is 0.500. The third-order valence-electron chi connectivity index (χ3n) is 3.33. The van der Waals surface area contributed by atoms with Gasteiger partial charge in [-0.05, 0) is 37.7 Å². The second-order valence-electron chi connectivity index (χ2n) is 4.77. The van der Waals surface area contributed by atoms with Gasteiger partial charge in [-0.15, -0.1) is 0 Å². The van der Waals surface area contributed by atoms with Crippen LogP contribution in [0.3, 0.4) is 0 Å². The molecule has 0 aliphatic heterocycles. The molecule has 1 aromatic heterocycles. The molecule has 0 fully saturated rings. The van der Waals surface area contributed by atoms with Crippen LogP contribution in [0.4, 0.5) is 0 Å². The Morgan fingerprint density at radius 1 is 1.44 bits per heavy atom. The lowest BCUT2D eigenvalue weighted by Crippen LogP contribution is -2.22. The fourth-order valence-electron chi connectivity index (χ4n) is 2.07. The normalized spacial score (nSPS) is 22.8. The van der Waals surface area contributed by atoms with Gasteiger partial charge in [0.2, 0.25) is 0 Å². The average molecular weight is 246 g/mol. The largest absolute Gasteiger partial charge is 0.461 e. The first-order valence-corrected chi connectivity index (χ1v) is 6.28. The standard InChI is InChI=1S/C14H18N2O2/c1-10-5-3-4-6-12(10)9-18-14(17)13-7-8-15-11(2)16-13/h3-4,7-8,10,12H,5-6,9H2,1-2H3/t10-,12-/m1/s1. The van der Waals surface area contributed by atoms with E-state index in [2.05, 4.69) is 29.0 Å². The molecule has 0 unspecified atom stereocenters. The Hall–Kier alpha value is -1.71. The van der Waals surface area contributed by atoms with Gasteiger partial charge in [0.05, 0.1) is 6.61 Å². The van der Waals surface area contributed by atoms with Crippen molar-refractivity contribution in [3.8, 4) is 0 Å². The molecule has 1 aliphatic carbocycles. The predicted molar refractivity (Wildman–Crippen MR) is 68.1 cm³/mol. The number of aromatic nitrogens is 2. The van der Waals surface area contributed by atoms with Crippen LogP contribution in [-0.2, 0) is 4.74 Å². The third kappa shape index (κ3) is 3.15.